The molecule has 1 aromatic carbocycles. The van der Waals surface area contributed by atoms with Crippen LogP contribution >= 0.6 is 0 Å². The standard InChI is InChI=1S/C33H44N4O8/c1-6-19-14-20-10-8-7-9-13-36-28(39)23-12-11-21(38)16-24(23)34-31(36)44-22-17-25(30(41)43-5)37(18-22)29(40)27(33(2,3)4)35-32(42)45-26(20)15-19/h6,11-12,16,19-20,22,25-27,38H,1,7-10,13-15,17-18H2,2-5H3,(H,35,42)/t19-,20-,22-,25+,26-,27-/m1/s1. The SMILES string of the molecule is C=C[C@@H]1C[C@H]2CCCCCn3c(nc4cc(O)ccc4c3=O)O[C@@H]3C[C@@H](C(=O)OC)N(C3)C(=O)[C@H](C(C)(C)C)NC(=O)O[C@@H]2C1. The van der Waals surface area contributed by atoms with Crippen LogP contribution in [0.15, 0.2) is 35.6 Å². The Morgan fingerprint density at radius 1 is 1.13 bits per heavy atom. The molecule has 3 aliphatic rings. The Balaban J connectivity index is 1.53. The molecule has 1 saturated heterocycles. The fourth-order valence-corrected chi connectivity index (χ4v) is 6.84. The van der Waals surface area contributed by atoms with Gasteiger partial charge in [0.2, 0.25) is 5.91 Å². The first kappa shape index (κ1) is 32.3. The second-order valence-electron chi connectivity index (χ2n) is 13.5. The lowest BCUT2D eigenvalue weighted by Gasteiger charge is -2.35. The molecule has 2 aliphatic heterocycles. The molecule has 6 atom stereocenters. The van der Waals surface area contributed by atoms with Crippen LogP contribution in [-0.4, -0.2) is 75.5 Å². The maximum absolute atomic E-state index is 14.1. The number of aromatic nitrogens is 2. The van der Waals surface area contributed by atoms with Gasteiger partial charge in [0.1, 0.15) is 30.0 Å². The van der Waals surface area contributed by atoms with Gasteiger partial charge in [-0.25, -0.2) is 9.59 Å². The van der Waals surface area contributed by atoms with Gasteiger partial charge < -0.3 is 29.5 Å². The van der Waals surface area contributed by atoms with Crippen molar-refractivity contribution in [2.45, 2.75) is 96.6 Å². The molecule has 0 spiro atoms. The summed E-state index contributed by atoms with van der Waals surface area (Å²) in [5, 5.41) is 13.2. The number of rotatable bonds is 2. The number of hydrogen-bond acceptors (Lipinski definition) is 9. The predicted octanol–water partition coefficient (Wildman–Crippen LogP) is 3.92. The average molecular weight is 625 g/mol. The summed E-state index contributed by atoms with van der Waals surface area (Å²) in [5.74, 6) is -0.755. The molecule has 2 aromatic rings. The van der Waals surface area contributed by atoms with E-state index in [4.69, 9.17) is 14.2 Å². The number of phenolic OH excluding ortho intramolecular Hbond substituents is 1. The highest BCUT2D eigenvalue weighted by Gasteiger charge is 2.47. The summed E-state index contributed by atoms with van der Waals surface area (Å²) in [7, 11) is 1.25. The molecule has 2 N–H and O–H groups in total. The Morgan fingerprint density at radius 3 is 2.62 bits per heavy atom. The van der Waals surface area contributed by atoms with Gasteiger partial charge in [-0.05, 0) is 55.1 Å². The molecular formula is C33H44N4O8. The number of aromatic hydroxyl groups is 1. The van der Waals surface area contributed by atoms with Crippen molar-refractivity contribution in [1.29, 1.82) is 0 Å². The van der Waals surface area contributed by atoms with Crippen molar-refractivity contribution in [2.24, 2.45) is 17.3 Å². The van der Waals surface area contributed by atoms with Gasteiger partial charge in [0.15, 0.2) is 0 Å². The highest BCUT2D eigenvalue weighted by atomic mass is 16.6. The van der Waals surface area contributed by atoms with Crippen LogP contribution in [0.5, 0.6) is 11.8 Å². The van der Waals surface area contributed by atoms with Gasteiger partial charge in [0.25, 0.3) is 11.6 Å². The second kappa shape index (κ2) is 13.1. The summed E-state index contributed by atoms with van der Waals surface area (Å²) in [5.41, 5.74) is -0.741. The number of hydrogen-bond donors (Lipinski definition) is 2. The maximum atomic E-state index is 14.1. The number of alkyl carbamates (subject to hydrolysis) is 1. The van der Waals surface area contributed by atoms with E-state index < -0.39 is 41.6 Å². The van der Waals surface area contributed by atoms with E-state index in [2.05, 4.69) is 16.9 Å². The fraction of sp³-hybridized carbons (Fsp3) is 0.606. The zero-order valence-electron chi connectivity index (χ0n) is 26.5. The molecule has 5 rings (SSSR count). The lowest BCUT2D eigenvalue weighted by Crippen LogP contribution is -2.57. The van der Waals surface area contributed by atoms with Crippen molar-refractivity contribution in [3.8, 4) is 11.8 Å². The number of fused-ring (bicyclic) bond motifs is 5. The molecule has 3 heterocycles. The fourth-order valence-electron chi connectivity index (χ4n) is 6.84. The van der Waals surface area contributed by atoms with Crippen molar-refractivity contribution >= 4 is 28.9 Å². The number of methoxy groups -OCH3 is 1. The van der Waals surface area contributed by atoms with Crippen LogP contribution in [-0.2, 0) is 25.6 Å². The number of carbonyl (C=O) groups excluding carboxylic acids is 3. The number of phenols is 1. The number of esters is 1. The van der Waals surface area contributed by atoms with Crippen LogP contribution in [0.4, 0.5) is 4.79 Å². The summed E-state index contributed by atoms with van der Waals surface area (Å²) in [6.07, 6.45) is 5.07. The first-order chi connectivity index (χ1) is 21.4. The lowest BCUT2D eigenvalue weighted by atomic mass is 9.85. The van der Waals surface area contributed by atoms with Crippen LogP contribution < -0.4 is 15.6 Å². The number of nitrogens with one attached hydrogen (secondary N) is 1. The third-order valence-corrected chi connectivity index (χ3v) is 9.28. The quantitative estimate of drug-likeness (QED) is 0.375. The van der Waals surface area contributed by atoms with E-state index in [1.165, 1.54) is 28.7 Å². The van der Waals surface area contributed by atoms with Crippen LogP contribution in [0.2, 0.25) is 0 Å². The minimum atomic E-state index is -1.01. The molecule has 45 heavy (non-hydrogen) atoms. The highest BCUT2D eigenvalue weighted by Crippen LogP contribution is 2.38. The number of ether oxygens (including phenoxy) is 3. The number of benzene rings is 1. The molecule has 12 nitrogen and oxygen atoms in total. The van der Waals surface area contributed by atoms with E-state index in [-0.39, 0.29) is 53.7 Å². The highest BCUT2D eigenvalue weighted by molar-refractivity contribution is 5.91. The second-order valence-corrected chi connectivity index (χ2v) is 13.5. The molecule has 0 unspecified atom stereocenters. The number of nitrogens with zero attached hydrogens (tertiary/aromatic N) is 3. The van der Waals surface area contributed by atoms with Crippen LogP contribution in [0.1, 0.15) is 65.7 Å². The zero-order chi connectivity index (χ0) is 32.5. The predicted molar refractivity (Wildman–Crippen MR) is 166 cm³/mol. The molecule has 1 saturated carbocycles. The molecular weight excluding hydrogens is 580 g/mol. The molecule has 2 amide bonds. The zero-order valence-corrected chi connectivity index (χ0v) is 26.5. The van der Waals surface area contributed by atoms with E-state index in [1.54, 1.807) is 6.07 Å². The smallest absolute Gasteiger partial charge is 0.408 e. The largest absolute Gasteiger partial charge is 0.508 e. The molecule has 2 fully saturated rings. The van der Waals surface area contributed by atoms with E-state index >= 15 is 0 Å². The van der Waals surface area contributed by atoms with Crippen molar-refractivity contribution in [1.82, 2.24) is 19.8 Å². The van der Waals surface area contributed by atoms with Gasteiger partial charge >= 0.3 is 12.1 Å². The molecule has 0 radical (unpaired) electrons. The lowest BCUT2D eigenvalue weighted by molar-refractivity contribution is -0.152. The maximum Gasteiger partial charge on any atom is 0.408 e. The van der Waals surface area contributed by atoms with Crippen molar-refractivity contribution in [2.75, 3.05) is 13.7 Å². The first-order valence-corrected chi connectivity index (χ1v) is 15.8. The van der Waals surface area contributed by atoms with Gasteiger partial charge in [-0.3, -0.25) is 14.2 Å². The molecule has 12 heteroatoms. The number of allylic oxidation sites excluding steroid dienone is 1. The molecule has 1 aliphatic carbocycles. The third kappa shape index (κ3) is 6.94. The Bertz CT molecular complexity index is 1510. The molecule has 1 aromatic heterocycles. The van der Waals surface area contributed by atoms with Gasteiger partial charge in [-0.15, -0.1) is 6.58 Å². The molecule has 244 valence electrons. The van der Waals surface area contributed by atoms with E-state index in [1.807, 2.05) is 26.8 Å². The van der Waals surface area contributed by atoms with Crippen LogP contribution in [0.25, 0.3) is 10.9 Å². The minimum absolute atomic E-state index is 0.00156. The normalized spacial score (nSPS) is 28.1. The van der Waals surface area contributed by atoms with Crippen molar-refractivity contribution < 1.29 is 33.7 Å². The Labute approximate surface area is 262 Å². The van der Waals surface area contributed by atoms with Gasteiger partial charge in [-0.1, -0.05) is 39.7 Å². The van der Waals surface area contributed by atoms with E-state index in [0.717, 1.165) is 25.7 Å². The van der Waals surface area contributed by atoms with Crippen molar-refractivity contribution in [3.63, 3.8) is 0 Å². The Hall–Kier alpha value is -4.09. The number of carbonyl (C=O) groups is 3. The average Bonchev–Trinajstić information content (AvgIpc) is 3.59. The summed E-state index contributed by atoms with van der Waals surface area (Å²) in [4.78, 5) is 60.0. The van der Waals surface area contributed by atoms with E-state index in [0.29, 0.717) is 24.8 Å². The first-order valence-electron chi connectivity index (χ1n) is 15.8. The molecule has 2 bridgehead atoms. The van der Waals surface area contributed by atoms with Gasteiger partial charge in [-0.2, -0.15) is 4.98 Å². The minimum Gasteiger partial charge on any atom is -0.508 e. The van der Waals surface area contributed by atoms with Crippen LogP contribution in [0.3, 0.4) is 0 Å². The Morgan fingerprint density at radius 2 is 1.91 bits per heavy atom. The Kier molecular flexibility index (Phi) is 9.41. The van der Waals surface area contributed by atoms with Gasteiger partial charge in [0, 0.05) is 19.0 Å². The monoisotopic (exact) mass is 624 g/mol. The summed E-state index contributed by atoms with van der Waals surface area (Å²) < 4.78 is 18.8. The van der Waals surface area contributed by atoms with Crippen molar-refractivity contribution in [3.05, 3.63) is 41.2 Å². The van der Waals surface area contributed by atoms with Gasteiger partial charge in [0.05, 0.1) is 24.6 Å². The topological polar surface area (TPSA) is 149 Å². The number of amides is 2. The summed E-state index contributed by atoms with van der Waals surface area (Å²) in [6.45, 7) is 9.79. The third-order valence-electron chi connectivity index (χ3n) is 9.28. The summed E-state index contributed by atoms with van der Waals surface area (Å²) in [6, 6.07) is 2.46. The van der Waals surface area contributed by atoms with E-state index in [9.17, 15) is 24.3 Å². The van der Waals surface area contributed by atoms with Crippen LogP contribution in [0, 0.1) is 17.3 Å². The summed E-state index contributed by atoms with van der Waals surface area (Å²) >= 11 is 0.